The molecule has 2 N–H and O–H groups in total. The number of amides is 4. The zero-order valence-corrected chi connectivity index (χ0v) is 18.6. The van der Waals surface area contributed by atoms with Crippen LogP contribution in [0.25, 0.3) is 0 Å². The predicted molar refractivity (Wildman–Crippen MR) is 114 cm³/mol. The number of rotatable bonds is 8. The monoisotopic (exact) mass is 448 g/mol. The van der Waals surface area contributed by atoms with Crippen LogP contribution in [0.3, 0.4) is 0 Å². The van der Waals surface area contributed by atoms with Crippen molar-refractivity contribution in [2.75, 3.05) is 20.2 Å². The van der Waals surface area contributed by atoms with Crippen molar-refractivity contribution in [1.29, 1.82) is 5.41 Å². The number of urea groups is 2. The molecule has 0 aliphatic rings. The van der Waals surface area contributed by atoms with Crippen molar-refractivity contribution in [3.05, 3.63) is 28.2 Å². The van der Waals surface area contributed by atoms with Crippen molar-refractivity contribution < 1.29 is 14.3 Å². The molecule has 1 rings (SSSR count). The average Bonchev–Trinajstić information content (AvgIpc) is 2.68. The Morgan fingerprint density at radius 3 is 2.25 bits per heavy atom. The van der Waals surface area contributed by atoms with E-state index in [2.05, 4.69) is 4.72 Å². The molecule has 0 saturated heterocycles. The molecule has 0 unspecified atom stereocenters. The maximum Gasteiger partial charge on any atom is 0.344 e. The molecule has 4 amide bonds. The molecule has 28 heavy (non-hydrogen) atoms. The lowest BCUT2D eigenvalue weighted by Crippen LogP contribution is -2.52. The molecule has 156 valence electrons. The summed E-state index contributed by atoms with van der Waals surface area (Å²) in [5.74, 6) is 0. The van der Waals surface area contributed by atoms with Gasteiger partial charge in [0.1, 0.15) is 0 Å². The normalized spacial score (nSPS) is 10.3. The van der Waals surface area contributed by atoms with Gasteiger partial charge in [-0.15, -0.1) is 0 Å². The number of hydrogen-bond acceptors (Lipinski definition) is 5. The molecule has 0 spiro atoms. The van der Waals surface area contributed by atoms with Gasteiger partial charge in [-0.05, 0) is 43.0 Å². The van der Waals surface area contributed by atoms with Crippen molar-refractivity contribution in [3.63, 3.8) is 0 Å². The molecule has 0 fully saturated rings. The molecular formula is C18H26Cl2N4O3S. The number of hydrogen-bond donors (Lipinski definition) is 2. The highest BCUT2D eigenvalue weighted by molar-refractivity contribution is 7.98. The van der Waals surface area contributed by atoms with Gasteiger partial charge in [0, 0.05) is 18.0 Å². The van der Waals surface area contributed by atoms with Gasteiger partial charge in [0.2, 0.25) is 0 Å². The largest absolute Gasteiger partial charge is 0.468 e. The fourth-order valence-corrected chi connectivity index (χ4v) is 3.16. The third kappa shape index (κ3) is 7.41. The molecule has 0 aromatic heterocycles. The van der Waals surface area contributed by atoms with Crippen LogP contribution in [0.5, 0.6) is 0 Å². The number of imide groups is 1. The predicted octanol–water partition coefficient (Wildman–Crippen LogP) is 5.62. The van der Waals surface area contributed by atoms with E-state index in [0.29, 0.717) is 32.9 Å². The van der Waals surface area contributed by atoms with Crippen molar-refractivity contribution in [1.82, 2.24) is 14.5 Å². The highest BCUT2D eigenvalue weighted by Crippen LogP contribution is 2.26. The van der Waals surface area contributed by atoms with E-state index in [1.165, 1.54) is 7.11 Å². The fraction of sp³-hybridized carbons (Fsp3) is 0.500. The second-order valence-electron chi connectivity index (χ2n) is 5.91. The van der Waals surface area contributed by atoms with Crippen LogP contribution in [0.15, 0.2) is 23.1 Å². The molecule has 0 radical (unpaired) electrons. The van der Waals surface area contributed by atoms with Gasteiger partial charge in [0.15, 0.2) is 0 Å². The van der Waals surface area contributed by atoms with Crippen molar-refractivity contribution in [3.8, 4) is 0 Å². The molecule has 7 nitrogen and oxygen atoms in total. The van der Waals surface area contributed by atoms with Crippen LogP contribution in [-0.2, 0) is 4.74 Å². The highest BCUT2D eigenvalue weighted by atomic mass is 35.5. The van der Waals surface area contributed by atoms with Crippen LogP contribution in [0.1, 0.15) is 39.5 Å². The zero-order valence-electron chi connectivity index (χ0n) is 16.3. The molecule has 0 atom stereocenters. The quantitative estimate of drug-likeness (QED) is 0.307. The van der Waals surface area contributed by atoms with Crippen LogP contribution >= 0.6 is 35.1 Å². The Morgan fingerprint density at radius 1 is 1.14 bits per heavy atom. The first-order chi connectivity index (χ1) is 13.3. The van der Waals surface area contributed by atoms with E-state index in [-0.39, 0.29) is 0 Å². The Labute approximate surface area is 180 Å². The summed E-state index contributed by atoms with van der Waals surface area (Å²) in [7, 11) is 1.24. The Morgan fingerprint density at radius 2 is 1.75 bits per heavy atom. The number of halogens is 2. The van der Waals surface area contributed by atoms with Gasteiger partial charge in [-0.25, -0.2) is 9.59 Å². The summed E-state index contributed by atoms with van der Waals surface area (Å²) in [5.41, 5.74) is 0. The van der Waals surface area contributed by atoms with Gasteiger partial charge < -0.3 is 9.64 Å². The van der Waals surface area contributed by atoms with Crippen LogP contribution in [0.4, 0.5) is 9.59 Å². The average molecular weight is 449 g/mol. The first-order valence-electron chi connectivity index (χ1n) is 8.99. The molecule has 0 heterocycles. The SMILES string of the molecule is CCCCN(CCCC)C(=O)N(C(=N)OC)C(=O)NSc1ccc(Cl)c(Cl)c1. The zero-order chi connectivity index (χ0) is 21.1. The lowest BCUT2D eigenvalue weighted by Gasteiger charge is -2.28. The van der Waals surface area contributed by atoms with Crippen molar-refractivity contribution in [2.24, 2.45) is 0 Å². The topological polar surface area (TPSA) is 85.7 Å². The summed E-state index contributed by atoms with van der Waals surface area (Å²) in [5, 5.41) is 8.65. The minimum absolute atomic E-state index is 0.351. The first-order valence-corrected chi connectivity index (χ1v) is 10.6. The van der Waals surface area contributed by atoms with Gasteiger partial charge >= 0.3 is 18.1 Å². The molecule has 0 aliphatic carbocycles. The van der Waals surface area contributed by atoms with Crippen LogP contribution in [0.2, 0.25) is 10.0 Å². The summed E-state index contributed by atoms with van der Waals surface area (Å²) in [6.45, 7) is 5.07. The highest BCUT2D eigenvalue weighted by Gasteiger charge is 2.31. The standard InChI is InChI=1S/C18H26Cl2N4O3S/c1-4-6-10-23(11-7-5-2)18(26)24(16(21)27-3)17(25)22-28-13-8-9-14(19)15(20)12-13/h8-9,12,21H,4-7,10-11H2,1-3H3,(H,22,25). The second kappa shape index (κ2) is 12.7. The Bertz CT molecular complexity index is 683. The minimum Gasteiger partial charge on any atom is -0.468 e. The molecule has 0 bridgehead atoms. The van der Waals surface area contributed by atoms with E-state index in [4.69, 9.17) is 33.3 Å². The fourth-order valence-electron chi connectivity index (χ4n) is 2.19. The lowest BCUT2D eigenvalue weighted by atomic mass is 10.3. The molecule has 10 heteroatoms. The van der Waals surface area contributed by atoms with Gasteiger partial charge in [-0.1, -0.05) is 49.9 Å². The van der Waals surface area contributed by atoms with Gasteiger partial charge in [0.25, 0.3) is 0 Å². The lowest BCUT2D eigenvalue weighted by molar-refractivity contribution is 0.164. The number of carbonyl (C=O) groups excluding carboxylic acids is 2. The summed E-state index contributed by atoms with van der Waals surface area (Å²) < 4.78 is 7.40. The van der Waals surface area contributed by atoms with E-state index in [9.17, 15) is 9.59 Å². The summed E-state index contributed by atoms with van der Waals surface area (Å²) in [6, 6.07) is 2.98. The molecule has 0 aliphatic heterocycles. The summed E-state index contributed by atoms with van der Waals surface area (Å²) in [6.07, 6.45) is 3.44. The van der Waals surface area contributed by atoms with E-state index >= 15 is 0 Å². The van der Waals surface area contributed by atoms with Gasteiger partial charge in [0.05, 0.1) is 17.2 Å². The smallest absolute Gasteiger partial charge is 0.344 e. The van der Waals surface area contributed by atoms with Gasteiger partial charge in [-0.3, -0.25) is 10.1 Å². The van der Waals surface area contributed by atoms with Crippen LogP contribution in [-0.4, -0.2) is 48.1 Å². The Kier molecular flexibility index (Phi) is 11.1. The summed E-state index contributed by atoms with van der Waals surface area (Å²) in [4.78, 5) is 28.5. The third-order valence-corrected chi connectivity index (χ3v) is 5.28. The third-order valence-electron chi connectivity index (χ3n) is 3.77. The number of unbranched alkanes of at least 4 members (excludes halogenated alkanes) is 2. The number of benzene rings is 1. The number of carbonyl (C=O) groups is 2. The van der Waals surface area contributed by atoms with Gasteiger partial charge in [-0.2, -0.15) is 4.90 Å². The molecular weight excluding hydrogens is 423 g/mol. The van der Waals surface area contributed by atoms with Crippen molar-refractivity contribution >= 4 is 53.2 Å². The van der Waals surface area contributed by atoms with E-state index < -0.39 is 18.1 Å². The van der Waals surface area contributed by atoms with E-state index in [1.54, 1.807) is 23.1 Å². The summed E-state index contributed by atoms with van der Waals surface area (Å²) >= 11 is 12.8. The Balaban J connectivity index is 2.90. The van der Waals surface area contributed by atoms with Crippen LogP contribution < -0.4 is 4.72 Å². The number of ether oxygens (including phenoxy) is 1. The number of nitrogens with zero attached hydrogens (tertiary/aromatic N) is 2. The number of methoxy groups -OCH3 is 1. The molecule has 1 aromatic carbocycles. The minimum atomic E-state index is -0.772. The Hall–Kier alpha value is -1.64. The first kappa shape index (κ1) is 24.4. The number of amidine groups is 1. The van der Waals surface area contributed by atoms with Crippen LogP contribution in [0, 0.1) is 5.41 Å². The molecule has 1 aromatic rings. The maximum absolute atomic E-state index is 12.9. The molecule has 0 saturated carbocycles. The number of nitrogens with one attached hydrogen (secondary N) is 2. The maximum atomic E-state index is 12.9. The second-order valence-corrected chi connectivity index (χ2v) is 7.60. The van der Waals surface area contributed by atoms with E-state index in [1.807, 2.05) is 13.8 Å². The van der Waals surface area contributed by atoms with Crippen molar-refractivity contribution in [2.45, 2.75) is 44.4 Å². The van der Waals surface area contributed by atoms with E-state index in [0.717, 1.165) is 37.6 Å².